The van der Waals surface area contributed by atoms with E-state index in [9.17, 15) is 9.59 Å². The molecule has 0 spiro atoms. The summed E-state index contributed by atoms with van der Waals surface area (Å²) in [5, 5.41) is 11.7. The maximum Gasteiger partial charge on any atom is 0.308 e. The quantitative estimate of drug-likeness (QED) is 0.582. The van der Waals surface area contributed by atoms with Crippen LogP contribution in [0, 0.1) is 11.8 Å². The average Bonchev–Trinajstić information content (AvgIpc) is 2.30. The van der Waals surface area contributed by atoms with Crippen molar-refractivity contribution in [3.63, 3.8) is 0 Å². The normalized spacial score (nSPS) is 14.3. The van der Waals surface area contributed by atoms with E-state index in [1.54, 1.807) is 0 Å². The number of carbonyl (C=O) groups is 2. The van der Waals surface area contributed by atoms with Gasteiger partial charge in [-0.05, 0) is 18.8 Å². The number of hydrogen-bond acceptors (Lipinski definition) is 3. The number of aliphatic carboxylic acids is 1. The van der Waals surface area contributed by atoms with Crippen LogP contribution in [-0.2, 0) is 9.59 Å². The van der Waals surface area contributed by atoms with Crippen LogP contribution in [-0.4, -0.2) is 29.6 Å². The van der Waals surface area contributed by atoms with Crippen LogP contribution in [0.4, 0.5) is 0 Å². The van der Waals surface area contributed by atoms with Gasteiger partial charge in [0.15, 0.2) is 0 Å². The highest BCUT2D eigenvalue weighted by Crippen LogP contribution is 2.11. The van der Waals surface area contributed by atoms with Gasteiger partial charge in [-0.2, -0.15) is 0 Å². The van der Waals surface area contributed by atoms with Gasteiger partial charge in [0.2, 0.25) is 5.91 Å². The molecular weight excluding hydrogens is 232 g/mol. The Morgan fingerprint density at radius 3 is 2.39 bits per heavy atom. The summed E-state index contributed by atoms with van der Waals surface area (Å²) in [5.41, 5.74) is 5.71. The summed E-state index contributed by atoms with van der Waals surface area (Å²) in [6.07, 6.45) is 3.10. The number of carbonyl (C=O) groups excluding carboxylic acids is 1. The number of unbranched alkanes of at least 4 members (excludes halogenated alkanes) is 1. The average molecular weight is 258 g/mol. The van der Waals surface area contributed by atoms with E-state index in [2.05, 4.69) is 5.32 Å². The second-order valence-electron chi connectivity index (χ2n) is 5.16. The van der Waals surface area contributed by atoms with Crippen molar-refractivity contribution in [2.75, 3.05) is 6.54 Å². The zero-order valence-corrected chi connectivity index (χ0v) is 11.6. The molecule has 0 saturated heterocycles. The monoisotopic (exact) mass is 258 g/mol. The third kappa shape index (κ3) is 7.27. The fourth-order valence-corrected chi connectivity index (χ4v) is 1.75. The molecule has 0 rings (SSSR count). The van der Waals surface area contributed by atoms with Gasteiger partial charge in [-0.3, -0.25) is 9.59 Å². The molecule has 2 unspecified atom stereocenters. The number of nitrogens with one attached hydrogen (secondary N) is 1. The second kappa shape index (κ2) is 8.91. The summed E-state index contributed by atoms with van der Waals surface area (Å²) in [7, 11) is 0. The predicted molar refractivity (Wildman–Crippen MR) is 71.1 cm³/mol. The molecular formula is C13H26N2O3. The van der Waals surface area contributed by atoms with Crippen LogP contribution < -0.4 is 11.1 Å². The van der Waals surface area contributed by atoms with Crippen molar-refractivity contribution in [1.82, 2.24) is 5.32 Å². The lowest BCUT2D eigenvalue weighted by Crippen LogP contribution is -2.43. The van der Waals surface area contributed by atoms with E-state index in [0.29, 0.717) is 12.8 Å². The molecule has 0 heterocycles. The highest BCUT2D eigenvalue weighted by Gasteiger charge is 2.21. The summed E-state index contributed by atoms with van der Waals surface area (Å²) in [6.45, 7) is 6.12. The molecule has 0 aromatic rings. The first-order valence-corrected chi connectivity index (χ1v) is 6.64. The van der Waals surface area contributed by atoms with Gasteiger partial charge in [0.05, 0.1) is 12.0 Å². The minimum absolute atomic E-state index is 0.159. The van der Waals surface area contributed by atoms with E-state index < -0.39 is 17.9 Å². The number of amides is 1. The molecule has 0 bridgehead atoms. The van der Waals surface area contributed by atoms with Crippen molar-refractivity contribution in [3.8, 4) is 0 Å². The molecule has 0 saturated carbocycles. The highest BCUT2D eigenvalue weighted by molar-refractivity contribution is 5.82. The third-order valence-corrected chi connectivity index (χ3v) is 2.83. The third-order valence-electron chi connectivity index (χ3n) is 2.83. The molecule has 0 radical (unpaired) electrons. The van der Waals surface area contributed by atoms with Crippen molar-refractivity contribution in [3.05, 3.63) is 0 Å². The van der Waals surface area contributed by atoms with E-state index in [4.69, 9.17) is 10.8 Å². The van der Waals surface area contributed by atoms with Crippen molar-refractivity contribution in [1.29, 1.82) is 0 Å². The van der Waals surface area contributed by atoms with E-state index in [-0.39, 0.29) is 18.4 Å². The summed E-state index contributed by atoms with van der Waals surface area (Å²) in [6, 6.07) is -0.529. The van der Waals surface area contributed by atoms with Crippen LogP contribution in [0.5, 0.6) is 0 Å². The largest absolute Gasteiger partial charge is 0.481 e. The summed E-state index contributed by atoms with van der Waals surface area (Å²) in [4.78, 5) is 22.6. The first-order chi connectivity index (χ1) is 8.38. The number of carboxylic acid groups (broad SMARTS) is 1. The fourth-order valence-electron chi connectivity index (χ4n) is 1.75. The van der Waals surface area contributed by atoms with Crippen LogP contribution in [0.1, 0.15) is 46.5 Å². The van der Waals surface area contributed by atoms with Crippen molar-refractivity contribution >= 4 is 11.9 Å². The molecule has 5 nitrogen and oxygen atoms in total. The Morgan fingerprint density at radius 1 is 1.33 bits per heavy atom. The van der Waals surface area contributed by atoms with Gasteiger partial charge in [-0.25, -0.2) is 0 Å². The Kier molecular flexibility index (Phi) is 8.37. The number of hydrogen-bond donors (Lipinski definition) is 3. The minimum atomic E-state index is -0.869. The Bertz CT molecular complexity index is 267. The lowest BCUT2D eigenvalue weighted by Gasteiger charge is -2.17. The van der Waals surface area contributed by atoms with Gasteiger partial charge >= 0.3 is 5.97 Å². The maximum absolute atomic E-state index is 11.6. The van der Waals surface area contributed by atoms with Crippen molar-refractivity contribution in [2.45, 2.75) is 52.5 Å². The molecule has 4 N–H and O–H groups in total. The number of nitrogens with two attached hydrogens (primary N) is 1. The van der Waals surface area contributed by atoms with E-state index in [0.717, 1.165) is 12.8 Å². The Labute approximate surface area is 109 Å². The lowest BCUT2D eigenvalue weighted by molar-refractivity contribution is -0.142. The van der Waals surface area contributed by atoms with Gasteiger partial charge in [0.25, 0.3) is 0 Å². The van der Waals surface area contributed by atoms with Gasteiger partial charge in [0, 0.05) is 6.54 Å². The summed E-state index contributed by atoms with van der Waals surface area (Å²) < 4.78 is 0. The molecule has 0 aliphatic carbocycles. The van der Waals surface area contributed by atoms with Gasteiger partial charge < -0.3 is 16.2 Å². The van der Waals surface area contributed by atoms with Crippen LogP contribution in [0.25, 0.3) is 0 Å². The fraction of sp³-hybridized carbons (Fsp3) is 0.846. The Balaban J connectivity index is 4.10. The molecule has 0 aliphatic rings. The molecule has 0 fully saturated rings. The SMILES string of the molecule is CCCCC(N)C(=O)NCC(CC(C)C)C(=O)O. The smallest absolute Gasteiger partial charge is 0.308 e. The molecule has 106 valence electrons. The van der Waals surface area contributed by atoms with Gasteiger partial charge in [0.1, 0.15) is 0 Å². The molecule has 0 aromatic carbocycles. The van der Waals surface area contributed by atoms with Gasteiger partial charge in [-0.15, -0.1) is 0 Å². The van der Waals surface area contributed by atoms with Crippen LogP contribution in [0.15, 0.2) is 0 Å². The van der Waals surface area contributed by atoms with E-state index in [1.807, 2.05) is 20.8 Å². The topological polar surface area (TPSA) is 92.4 Å². The van der Waals surface area contributed by atoms with Crippen molar-refractivity contribution < 1.29 is 14.7 Å². The van der Waals surface area contributed by atoms with Gasteiger partial charge in [-0.1, -0.05) is 33.6 Å². The number of rotatable bonds is 9. The molecule has 0 aromatic heterocycles. The van der Waals surface area contributed by atoms with Crippen LogP contribution in [0.2, 0.25) is 0 Å². The molecule has 5 heteroatoms. The van der Waals surface area contributed by atoms with E-state index >= 15 is 0 Å². The predicted octanol–water partition coefficient (Wildman–Crippen LogP) is 1.37. The first-order valence-electron chi connectivity index (χ1n) is 6.64. The first kappa shape index (κ1) is 16.9. The van der Waals surface area contributed by atoms with E-state index in [1.165, 1.54) is 0 Å². The molecule has 2 atom stereocenters. The minimum Gasteiger partial charge on any atom is -0.481 e. The zero-order valence-electron chi connectivity index (χ0n) is 11.6. The van der Waals surface area contributed by atoms with Crippen molar-refractivity contribution in [2.24, 2.45) is 17.6 Å². The Morgan fingerprint density at radius 2 is 1.94 bits per heavy atom. The summed E-state index contributed by atoms with van der Waals surface area (Å²) in [5.74, 6) is -1.37. The summed E-state index contributed by atoms with van der Waals surface area (Å²) >= 11 is 0. The molecule has 0 aliphatic heterocycles. The highest BCUT2D eigenvalue weighted by atomic mass is 16.4. The second-order valence-corrected chi connectivity index (χ2v) is 5.16. The Hall–Kier alpha value is -1.10. The number of carboxylic acids is 1. The van der Waals surface area contributed by atoms with Crippen LogP contribution in [0.3, 0.4) is 0 Å². The molecule has 18 heavy (non-hydrogen) atoms. The molecule has 1 amide bonds. The standard InChI is InChI=1S/C13H26N2O3/c1-4-5-6-11(14)12(16)15-8-10(13(17)18)7-9(2)3/h9-11H,4-8,14H2,1-3H3,(H,15,16)(H,17,18). The maximum atomic E-state index is 11.6. The van der Waals surface area contributed by atoms with Crippen LogP contribution >= 0.6 is 0 Å². The zero-order chi connectivity index (χ0) is 14.1. The lowest BCUT2D eigenvalue weighted by atomic mass is 9.97.